The molecular weight excluding hydrogens is 214 g/mol. The first-order valence-electron chi connectivity index (χ1n) is 6.87. The van der Waals surface area contributed by atoms with Crippen LogP contribution in [0.5, 0.6) is 0 Å². The third-order valence-corrected chi connectivity index (χ3v) is 3.13. The molecule has 100 valence electrons. The van der Waals surface area contributed by atoms with Gasteiger partial charge in [0, 0.05) is 12.1 Å². The van der Waals surface area contributed by atoms with Crippen molar-refractivity contribution in [3.05, 3.63) is 0 Å². The number of nitrogens with zero attached hydrogens (tertiary/aromatic N) is 1. The van der Waals surface area contributed by atoms with Crippen molar-refractivity contribution >= 4 is 5.91 Å². The van der Waals surface area contributed by atoms with Crippen molar-refractivity contribution in [2.24, 2.45) is 0 Å². The Hall–Kier alpha value is -0.610. The molecule has 1 rings (SSSR count). The number of nitrogens with one attached hydrogen (secondary N) is 2. The molecule has 1 aliphatic rings. The van der Waals surface area contributed by atoms with Gasteiger partial charge in [-0.15, -0.1) is 0 Å². The second-order valence-electron chi connectivity index (χ2n) is 5.17. The quantitative estimate of drug-likeness (QED) is 0.728. The lowest BCUT2D eigenvalue weighted by molar-refractivity contribution is -0.123. The van der Waals surface area contributed by atoms with Gasteiger partial charge < -0.3 is 10.6 Å². The molecule has 0 atom stereocenters. The van der Waals surface area contributed by atoms with Gasteiger partial charge in [0.1, 0.15) is 0 Å². The Morgan fingerprint density at radius 2 is 2.06 bits per heavy atom. The van der Waals surface area contributed by atoms with E-state index < -0.39 is 0 Å². The van der Waals surface area contributed by atoms with Crippen LogP contribution in [0.3, 0.4) is 0 Å². The van der Waals surface area contributed by atoms with Crippen LogP contribution in [0.4, 0.5) is 0 Å². The fraction of sp³-hybridized carbons (Fsp3) is 0.923. The van der Waals surface area contributed by atoms with Crippen LogP contribution in [-0.2, 0) is 4.79 Å². The van der Waals surface area contributed by atoms with E-state index in [2.05, 4.69) is 22.5 Å². The average Bonchev–Trinajstić information content (AvgIpc) is 2.28. The zero-order chi connectivity index (χ0) is 12.7. The molecule has 4 heteroatoms. The van der Waals surface area contributed by atoms with Crippen LogP contribution in [0, 0.1) is 0 Å². The third-order valence-electron chi connectivity index (χ3n) is 3.13. The summed E-state index contributed by atoms with van der Waals surface area (Å²) in [6.07, 6.45) is 3.43. The van der Waals surface area contributed by atoms with Gasteiger partial charge in [0.05, 0.1) is 6.54 Å². The number of carbonyl (C=O) groups is 1. The summed E-state index contributed by atoms with van der Waals surface area (Å²) < 4.78 is 0. The molecule has 4 nitrogen and oxygen atoms in total. The minimum absolute atomic E-state index is 0.159. The predicted molar refractivity (Wildman–Crippen MR) is 71.0 cm³/mol. The maximum absolute atomic E-state index is 11.8. The zero-order valence-corrected chi connectivity index (χ0v) is 11.5. The number of amides is 1. The van der Waals surface area contributed by atoms with Crippen molar-refractivity contribution in [1.29, 1.82) is 0 Å². The maximum atomic E-state index is 11.8. The number of piperidine rings is 1. The second kappa shape index (κ2) is 7.67. The smallest absolute Gasteiger partial charge is 0.234 e. The SMILES string of the molecule is CCCN(CC(=O)NC(C)C)C1CCNCC1. The van der Waals surface area contributed by atoms with E-state index in [4.69, 9.17) is 0 Å². The Bertz CT molecular complexity index is 225. The van der Waals surface area contributed by atoms with Crippen molar-refractivity contribution in [3.8, 4) is 0 Å². The third kappa shape index (κ3) is 5.50. The molecule has 1 amide bonds. The summed E-state index contributed by atoms with van der Waals surface area (Å²) in [5.74, 6) is 0.159. The van der Waals surface area contributed by atoms with Gasteiger partial charge >= 0.3 is 0 Å². The lowest BCUT2D eigenvalue weighted by atomic mass is 10.0. The van der Waals surface area contributed by atoms with Crippen LogP contribution >= 0.6 is 0 Å². The first-order chi connectivity index (χ1) is 8.13. The normalized spacial score (nSPS) is 17.7. The van der Waals surface area contributed by atoms with Gasteiger partial charge in [0.25, 0.3) is 0 Å². The van der Waals surface area contributed by atoms with Crippen molar-refractivity contribution in [1.82, 2.24) is 15.5 Å². The Labute approximate surface area is 105 Å². The highest BCUT2D eigenvalue weighted by atomic mass is 16.2. The van der Waals surface area contributed by atoms with E-state index in [1.54, 1.807) is 0 Å². The minimum Gasteiger partial charge on any atom is -0.353 e. The van der Waals surface area contributed by atoms with Gasteiger partial charge in [0.2, 0.25) is 5.91 Å². The van der Waals surface area contributed by atoms with Crippen molar-refractivity contribution < 1.29 is 4.79 Å². The van der Waals surface area contributed by atoms with Gasteiger partial charge in [0.15, 0.2) is 0 Å². The molecular formula is C13H27N3O. The second-order valence-corrected chi connectivity index (χ2v) is 5.17. The Morgan fingerprint density at radius 3 is 2.59 bits per heavy atom. The fourth-order valence-corrected chi connectivity index (χ4v) is 2.40. The molecule has 0 saturated carbocycles. The highest BCUT2D eigenvalue weighted by molar-refractivity contribution is 5.78. The van der Waals surface area contributed by atoms with Crippen molar-refractivity contribution in [3.63, 3.8) is 0 Å². The number of hydrogen-bond acceptors (Lipinski definition) is 3. The van der Waals surface area contributed by atoms with Crippen LogP contribution < -0.4 is 10.6 Å². The molecule has 1 aliphatic heterocycles. The monoisotopic (exact) mass is 241 g/mol. The van der Waals surface area contributed by atoms with Gasteiger partial charge in [-0.2, -0.15) is 0 Å². The molecule has 0 aliphatic carbocycles. The molecule has 2 N–H and O–H groups in total. The summed E-state index contributed by atoms with van der Waals surface area (Å²) in [6.45, 7) is 9.92. The van der Waals surface area contributed by atoms with Crippen molar-refractivity contribution in [2.75, 3.05) is 26.2 Å². The van der Waals surface area contributed by atoms with E-state index in [0.717, 1.165) is 38.9 Å². The van der Waals surface area contributed by atoms with Gasteiger partial charge in [-0.3, -0.25) is 9.69 Å². The highest BCUT2D eigenvalue weighted by Gasteiger charge is 2.22. The number of carbonyl (C=O) groups excluding carboxylic acids is 1. The predicted octanol–water partition coefficient (Wildman–Crippen LogP) is 0.975. The van der Waals surface area contributed by atoms with E-state index >= 15 is 0 Å². The standard InChI is InChI=1S/C13H27N3O/c1-4-9-16(10-13(17)15-11(2)3)12-5-7-14-8-6-12/h11-12,14H,4-10H2,1-3H3,(H,15,17). The topological polar surface area (TPSA) is 44.4 Å². The van der Waals surface area contributed by atoms with Crippen LogP contribution in [0.15, 0.2) is 0 Å². The first kappa shape index (κ1) is 14.5. The molecule has 17 heavy (non-hydrogen) atoms. The molecule has 0 aromatic carbocycles. The van der Waals surface area contributed by atoms with E-state index in [-0.39, 0.29) is 11.9 Å². The van der Waals surface area contributed by atoms with Crippen LogP contribution in [-0.4, -0.2) is 49.1 Å². The summed E-state index contributed by atoms with van der Waals surface area (Å²) in [6, 6.07) is 0.813. The molecule has 0 radical (unpaired) electrons. The molecule has 0 bridgehead atoms. The van der Waals surface area contributed by atoms with Crippen molar-refractivity contribution in [2.45, 2.75) is 52.1 Å². The fourth-order valence-electron chi connectivity index (χ4n) is 2.40. The van der Waals surface area contributed by atoms with Crippen LogP contribution in [0.25, 0.3) is 0 Å². The lowest BCUT2D eigenvalue weighted by Crippen LogP contribution is -2.48. The molecule has 1 heterocycles. The highest BCUT2D eigenvalue weighted by Crippen LogP contribution is 2.11. The van der Waals surface area contributed by atoms with E-state index in [9.17, 15) is 4.79 Å². The van der Waals surface area contributed by atoms with Gasteiger partial charge in [-0.1, -0.05) is 6.92 Å². The Morgan fingerprint density at radius 1 is 1.41 bits per heavy atom. The van der Waals surface area contributed by atoms with Gasteiger partial charge in [-0.25, -0.2) is 0 Å². The summed E-state index contributed by atoms with van der Waals surface area (Å²) in [7, 11) is 0. The molecule has 0 spiro atoms. The summed E-state index contributed by atoms with van der Waals surface area (Å²) in [5, 5.41) is 6.34. The lowest BCUT2D eigenvalue weighted by Gasteiger charge is -2.34. The average molecular weight is 241 g/mol. The number of hydrogen-bond donors (Lipinski definition) is 2. The van der Waals surface area contributed by atoms with Gasteiger partial charge in [-0.05, 0) is 52.7 Å². The summed E-state index contributed by atoms with van der Waals surface area (Å²) >= 11 is 0. The molecule has 0 aromatic heterocycles. The Balaban J connectivity index is 2.43. The first-order valence-corrected chi connectivity index (χ1v) is 6.87. The molecule has 0 aromatic rings. The van der Waals surface area contributed by atoms with E-state index in [1.807, 2.05) is 13.8 Å². The summed E-state index contributed by atoms with van der Waals surface area (Å²) in [4.78, 5) is 14.2. The minimum atomic E-state index is 0.159. The number of rotatable bonds is 6. The van der Waals surface area contributed by atoms with Crippen LogP contribution in [0.2, 0.25) is 0 Å². The van der Waals surface area contributed by atoms with Crippen LogP contribution in [0.1, 0.15) is 40.0 Å². The zero-order valence-electron chi connectivity index (χ0n) is 11.5. The summed E-state index contributed by atoms with van der Waals surface area (Å²) in [5.41, 5.74) is 0. The largest absolute Gasteiger partial charge is 0.353 e. The molecule has 0 unspecified atom stereocenters. The van der Waals surface area contributed by atoms with E-state index in [0.29, 0.717) is 12.6 Å². The Kier molecular flexibility index (Phi) is 6.52. The van der Waals surface area contributed by atoms with E-state index in [1.165, 1.54) is 0 Å². The maximum Gasteiger partial charge on any atom is 0.234 e. The molecule has 1 fully saturated rings. The molecule has 1 saturated heterocycles.